The molecule has 0 aromatic rings. The second-order valence-electron chi connectivity index (χ2n) is 3.94. The van der Waals surface area contributed by atoms with Crippen LogP contribution in [0.4, 0.5) is 4.79 Å². The lowest BCUT2D eigenvalue weighted by atomic mass is 10.4. The zero-order chi connectivity index (χ0) is 13.4. The highest BCUT2D eigenvalue weighted by molar-refractivity contribution is 6.02. The van der Waals surface area contributed by atoms with Crippen molar-refractivity contribution in [2.24, 2.45) is 5.92 Å². The Morgan fingerprint density at radius 2 is 2.00 bits per heavy atom. The molecule has 0 aromatic carbocycles. The average Bonchev–Trinajstić information content (AvgIpc) is 3.10. The molecule has 0 saturated heterocycles. The van der Waals surface area contributed by atoms with Crippen LogP contribution in [0.5, 0.6) is 0 Å². The first-order valence-electron chi connectivity index (χ1n) is 5.65. The van der Waals surface area contributed by atoms with E-state index in [0.29, 0.717) is 31.8 Å². The molecule has 1 saturated carbocycles. The summed E-state index contributed by atoms with van der Waals surface area (Å²) < 4.78 is 5.27. The van der Waals surface area contributed by atoms with Crippen LogP contribution < -0.4 is 10.6 Å². The number of hydrogen-bond donors (Lipinski definition) is 3. The maximum Gasteiger partial charge on any atom is 0.328 e. The molecular weight excluding hydrogens is 240 g/mol. The summed E-state index contributed by atoms with van der Waals surface area (Å²) in [5.41, 5.74) is 0. The molecule has 0 heterocycles. The summed E-state index contributed by atoms with van der Waals surface area (Å²) in [6, 6.07) is -0.676. The minimum Gasteiger partial charge on any atom is -0.478 e. The molecule has 0 bridgehead atoms. The van der Waals surface area contributed by atoms with Gasteiger partial charge in [0.15, 0.2) is 0 Å². The van der Waals surface area contributed by atoms with Crippen molar-refractivity contribution in [2.45, 2.75) is 12.8 Å². The van der Waals surface area contributed by atoms with Crippen LogP contribution in [-0.2, 0) is 14.3 Å². The number of hydrogen-bond acceptors (Lipinski definition) is 4. The monoisotopic (exact) mass is 256 g/mol. The van der Waals surface area contributed by atoms with Gasteiger partial charge in [0.1, 0.15) is 0 Å². The molecule has 3 amide bonds. The second kappa shape index (κ2) is 7.44. The number of aliphatic carboxylic acids is 1. The molecule has 7 heteroatoms. The SMILES string of the molecule is O=C(O)/C=C/C(=O)NC(=O)NCCOCC1CC1. The minimum atomic E-state index is -1.25. The maximum absolute atomic E-state index is 11.1. The van der Waals surface area contributed by atoms with Crippen molar-refractivity contribution >= 4 is 17.9 Å². The molecule has 1 rings (SSSR count). The molecule has 0 atom stereocenters. The number of amides is 3. The van der Waals surface area contributed by atoms with Gasteiger partial charge in [-0.3, -0.25) is 10.1 Å². The van der Waals surface area contributed by atoms with Gasteiger partial charge in [-0.2, -0.15) is 0 Å². The predicted molar refractivity (Wildman–Crippen MR) is 61.9 cm³/mol. The van der Waals surface area contributed by atoms with E-state index in [4.69, 9.17) is 9.84 Å². The Morgan fingerprint density at radius 1 is 1.28 bits per heavy atom. The summed E-state index contributed by atoms with van der Waals surface area (Å²) in [7, 11) is 0. The van der Waals surface area contributed by atoms with Gasteiger partial charge in [-0.05, 0) is 18.8 Å². The van der Waals surface area contributed by atoms with E-state index in [9.17, 15) is 14.4 Å². The molecule has 0 aliphatic heterocycles. The van der Waals surface area contributed by atoms with Crippen LogP contribution in [0.1, 0.15) is 12.8 Å². The van der Waals surface area contributed by atoms with E-state index in [-0.39, 0.29) is 0 Å². The first-order chi connectivity index (χ1) is 8.58. The van der Waals surface area contributed by atoms with Crippen molar-refractivity contribution in [1.82, 2.24) is 10.6 Å². The Morgan fingerprint density at radius 3 is 2.61 bits per heavy atom. The first kappa shape index (κ1) is 14.2. The Bertz CT molecular complexity index is 349. The van der Waals surface area contributed by atoms with E-state index in [1.54, 1.807) is 0 Å². The van der Waals surface area contributed by atoms with Gasteiger partial charge in [-0.1, -0.05) is 0 Å². The highest BCUT2D eigenvalue weighted by Crippen LogP contribution is 2.28. The molecule has 7 nitrogen and oxygen atoms in total. The van der Waals surface area contributed by atoms with Gasteiger partial charge in [-0.15, -0.1) is 0 Å². The van der Waals surface area contributed by atoms with Crippen LogP contribution in [0.2, 0.25) is 0 Å². The fraction of sp³-hybridized carbons (Fsp3) is 0.545. The average molecular weight is 256 g/mol. The molecule has 0 aromatic heterocycles. The predicted octanol–water partition coefficient (Wildman–Crippen LogP) is -0.120. The molecule has 0 radical (unpaired) electrons. The Labute approximate surface area is 104 Å². The Balaban J connectivity index is 2.01. The Hall–Kier alpha value is -1.89. The van der Waals surface area contributed by atoms with E-state index < -0.39 is 17.9 Å². The van der Waals surface area contributed by atoms with Crippen molar-refractivity contribution in [2.75, 3.05) is 19.8 Å². The fourth-order valence-corrected chi connectivity index (χ4v) is 1.12. The lowest BCUT2D eigenvalue weighted by Crippen LogP contribution is -2.40. The number of nitrogens with one attached hydrogen (secondary N) is 2. The summed E-state index contributed by atoms with van der Waals surface area (Å²) in [4.78, 5) is 32.2. The number of rotatable bonds is 7. The van der Waals surface area contributed by atoms with E-state index >= 15 is 0 Å². The van der Waals surface area contributed by atoms with Crippen LogP contribution in [0, 0.1) is 5.92 Å². The standard InChI is InChI=1S/C11H16N2O5/c14-9(3-4-10(15)16)13-11(17)12-5-6-18-7-8-1-2-8/h3-4,8H,1-2,5-7H2,(H,15,16)(H2,12,13,14,17)/b4-3+. The zero-order valence-corrected chi connectivity index (χ0v) is 9.85. The number of carbonyl (C=O) groups excluding carboxylic acids is 2. The molecule has 100 valence electrons. The van der Waals surface area contributed by atoms with Crippen LogP contribution in [0.25, 0.3) is 0 Å². The van der Waals surface area contributed by atoms with E-state index in [0.717, 1.165) is 6.08 Å². The summed E-state index contributed by atoms with van der Waals surface area (Å²) in [6.45, 7) is 1.40. The van der Waals surface area contributed by atoms with Crippen LogP contribution in [-0.4, -0.2) is 42.8 Å². The molecule has 1 aliphatic rings. The van der Waals surface area contributed by atoms with Crippen molar-refractivity contribution in [3.8, 4) is 0 Å². The number of urea groups is 1. The van der Waals surface area contributed by atoms with Crippen molar-refractivity contribution < 1.29 is 24.2 Å². The van der Waals surface area contributed by atoms with Crippen LogP contribution in [0.3, 0.4) is 0 Å². The first-order valence-corrected chi connectivity index (χ1v) is 5.65. The summed E-state index contributed by atoms with van der Waals surface area (Å²) >= 11 is 0. The van der Waals surface area contributed by atoms with Gasteiger partial charge in [0.05, 0.1) is 6.61 Å². The maximum atomic E-state index is 11.1. The molecule has 1 fully saturated rings. The van der Waals surface area contributed by atoms with E-state index in [2.05, 4.69) is 5.32 Å². The normalized spacial score (nSPS) is 14.4. The Kier molecular flexibility index (Phi) is 5.86. The van der Waals surface area contributed by atoms with Crippen LogP contribution in [0.15, 0.2) is 12.2 Å². The fourth-order valence-electron chi connectivity index (χ4n) is 1.12. The topological polar surface area (TPSA) is 105 Å². The van der Waals surface area contributed by atoms with Gasteiger partial charge < -0.3 is 15.2 Å². The van der Waals surface area contributed by atoms with Crippen molar-refractivity contribution in [1.29, 1.82) is 0 Å². The molecule has 0 spiro atoms. The third-order valence-corrected chi connectivity index (χ3v) is 2.20. The number of carboxylic acids is 1. The summed E-state index contributed by atoms with van der Waals surface area (Å²) in [5, 5.41) is 12.6. The molecule has 1 aliphatic carbocycles. The second-order valence-corrected chi connectivity index (χ2v) is 3.94. The summed E-state index contributed by atoms with van der Waals surface area (Å²) in [5.74, 6) is -1.37. The molecular formula is C11H16N2O5. The van der Waals surface area contributed by atoms with Gasteiger partial charge in [0.25, 0.3) is 5.91 Å². The smallest absolute Gasteiger partial charge is 0.328 e. The quantitative estimate of drug-likeness (QED) is 0.435. The largest absolute Gasteiger partial charge is 0.478 e. The molecule has 3 N–H and O–H groups in total. The van der Waals surface area contributed by atoms with Gasteiger partial charge in [0.2, 0.25) is 0 Å². The number of imide groups is 1. The third-order valence-electron chi connectivity index (χ3n) is 2.20. The summed E-state index contributed by atoms with van der Waals surface area (Å²) in [6.07, 6.45) is 3.84. The number of carbonyl (C=O) groups is 3. The highest BCUT2D eigenvalue weighted by atomic mass is 16.5. The zero-order valence-electron chi connectivity index (χ0n) is 9.85. The lowest BCUT2D eigenvalue weighted by Gasteiger charge is -2.05. The number of carboxylic acid groups (broad SMARTS) is 1. The van der Waals surface area contributed by atoms with E-state index in [1.165, 1.54) is 12.8 Å². The van der Waals surface area contributed by atoms with E-state index in [1.807, 2.05) is 5.32 Å². The molecule has 0 unspecified atom stereocenters. The number of ether oxygens (including phenoxy) is 1. The van der Waals surface area contributed by atoms with Gasteiger partial charge >= 0.3 is 12.0 Å². The van der Waals surface area contributed by atoms with Crippen molar-refractivity contribution in [3.05, 3.63) is 12.2 Å². The highest BCUT2D eigenvalue weighted by Gasteiger charge is 2.20. The molecule has 18 heavy (non-hydrogen) atoms. The van der Waals surface area contributed by atoms with Crippen LogP contribution >= 0.6 is 0 Å². The van der Waals surface area contributed by atoms with Crippen molar-refractivity contribution in [3.63, 3.8) is 0 Å². The minimum absolute atomic E-state index is 0.300. The lowest BCUT2D eigenvalue weighted by molar-refractivity contribution is -0.131. The third kappa shape index (κ3) is 7.39. The van der Waals surface area contributed by atoms with Gasteiger partial charge in [0, 0.05) is 25.3 Å². The van der Waals surface area contributed by atoms with Gasteiger partial charge in [-0.25, -0.2) is 9.59 Å².